The third-order valence-electron chi connectivity index (χ3n) is 3.25. The van der Waals surface area contributed by atoms with Crippen molar-refractivity contribution in [2.45, 2.75) is 31.4 Å². The van der Waals surface area contributed by atoms with Crippen molar-refractivity contribution in [1.29, 1.82) is 0 Å². The van der Waals surface area contributed by atoms with E-state index in [2.05, 4.69) is 19.0 Å². The summed E-state index contributed by atoms with van der Waals surface area (Å²) in [4.78, 5) is 78.8. The molecule has 2 fully saturated rings. The van der Waals surface area contributed by atoms with Gasteiger partial charge in [-0.25, -0.2) is 14.8 Å². The second kappa shape index (κ2) is 8.22. The molecule has 2 unspecified atom stereocenters. The molecule has 0 aromatic rings. The third-order valence-corrected chi connectivity index (χ3v) is 3.99. The minimum absolute atomic E-state index is 0.127. The number of imide groups is 2. The van der Waals surface area contributed by atoms with E-state index in [1.165, 1.54) is 6.92 Å². The van der Waals surface area contributed by atoms with Gasteiger partial charge < -0.3 is 9.68 Å². The molecule has 2 aliphatic rings. The maximum atomic E-state index is 11.8. The average Bonchev–Trinajstić information content (AvgIpc) is 2.96. The predicted molar refractivity (Wildman–Crippen MR) is 75.1 cm³/mol. The lowest BCUT2D eigenvalue weighted by atomic mass is 10.1. The Hall–Kier alpha value is -2.55. The number of amides is 4. The van der Waals surface area contributed by atoms with Gasteiger partial charge in [-0.05, 0) is 0 Å². The molecule has 1 N–H and O–H groups in total. The molecule has 2 aliphatic heterocycles. The molecule has 14 heteroatoms. The van der Waals surface area contributed by atoms with Crippen LogP contribution >= 0.6 is 12.0 Å². The van der Waals surface area contributed by atoms with E-state index < -0.39 is 59.6 Å². The predicted octanol–water partition coefficient (Wildman–Crippen LogP) is -1.12. The number of hydrogen-bond acceptors (Lipinski definition) is 12. The van der Waals surface area contributed by atoms with E-state index in [1.54, 1.807) is 0 Å². The minimum Gasteiger partial charge on any atom is -0.330 e. The van der Waals surface area contributed by atoms with Crippen LogP contribution in [0.15, 0.2) is 0 Å². The third kappa shape index (κ3) is 4.34. The molecule has 0 saturated carbocycles. The first-order valence-electron chi connectivity index (χ1n) is 7.03. The largest absolute Gasteiger partial charge is 0.344 e. The Bertz CT molecular complexity index is 666. The summed E-state index contributed by atoms with van der Waals surface area (Å²) < 4.78 is 4.05. The van der Waals surface area contributed by atoms with E-state index >= 15 is 0 Å². The summed E-state index contributed by atoms with van der Waals surface area (Å²) in [6, 6.07) is 0. The van der Waals surface area contributed by atoms with Gasteiger partial charge >= 0.3 is 11.9 Å². The van der Waals surface area contributed by atoms with Crippen LogP contribution in [0.2, 0.25) is 0 Å². The van der Waals surface area contributed by atoms with Crippen molar-refractivity contribution in [2.24, 2.45) is 5.92 Å². The first kappa shape index (κ1) is 19.8. The number of rotatable bonds is 7. The van der Waals surface area contributed by atoms with Gasteiger partial charge in [0.2, 0.25) is 0 Å². The van der Waals surface area contributed by atoms with E-state index in [-0.39, 0.29) is 16.5 Å². The number of hydroxylamine groups is 4. The Morgan fingerprint density at radius 2 is 1.58 bits per heavy atom. The highest BCUT2D eigenvalue weighted by atomic mass is 32.2. The minimum atomic E-state index is -1.33. The zero-order valence-electron chi connectivity index (χ0n) is 13.1. The highest BCUT2D eigenvalue weighted by Gasteiger charge is 2.44. The molecule has 0 aliphatic carbocycles. The second-order valence-corrected chi connectivity index (χ2v) is 6.09. The van der Waals surface area contributed by atoms with Gasteiger partial charge in [0.1, 0.15) is 11.7 Å². The van der Waals surface area contributed by atoms with Crippen LogP contribution in [0, 0.1) is 5.92 Å². The van der Waals surface area contributed by atoms with Gasteiger partial charge in [-0.1, -0.05) is 12.0 Å². The maximum Gasteiger partial charge on any atom is 0.344 e. The monoisotopic (exact) mass is 392 g/mol. The van der Waals surface area contributed by atoms with Crippen molar-refractivity contribution in [1.82, 2.24) is 10.1 Å². The zero-order chi connectivity index (χ0) is 19.4. The van der Waals surface area contributed by atoms with E-state index in [4.69, 9.17) is 5.26 Å². The van der Waals surface area contributed by atoms with Gasteiger partial charge in [0.15, 0.2) is 0 Å². The van der Waals surface area contributed by atoms with Crippen LogP contribution in [-0.4, -0.2) is 56.2 Å². The van der Waals surface area contributed by atoms with Gasteiger partial charge in [-0.15, -0.1) is 14.5 Å². The Morgan fingerprint density at radius 1 is 1.04 bits per heavy atom. The molecule has 142 valence electrons. The Morgan fingerprint density at radius 3 is 2.08 bits per heavy atom. The topological polar surface area (TPSA) is 166 Å². The van der Waals surface area contributed by atoms with Gasteiger partial charge in [0, 0.05) is 24.4 Å². The van der Waals surface area contributed by atoms with Crippen molar-refractivity contribution < 1.29 is 53.1 Å². The fourth-order valence-electron chi connectivity index (χ4n) is 2.06. The molecular formula is C12H12N2O11S. The molecule has 2 saturated heterocycles. The summed E-state index contributed by atoms with van der Waals surface area (Å²) in [7, 11) is 0. The van der Waals surface area contributed by atoms with Crippen LogP contribution < -0.4 is 0 Å². The number of carbonyl (C=O) groups is 6. The fraction of sp³-hybridized carbons (Fsp3) is 0.500. The number of hydrogen-bond donors (Lipinski definition) is 1. The molecule has 2 rings (SSSR count). The van der Waals surface area contributed by atoms with E-state index in [1.807, 2.05) is 0 Å². The fourth-order valence-corrected chi connectivity index (χ4v) is 2.57. The second-order valence-electron chi connectivity index (χ2n) is 5.19. The Balaban J connectivity index is 1.85. The van der Waals surface area contributed by atoms with Crippen molar-refractivity contribution in [3.05, 3.63) is 0 Å². The van der Waals surface area contributed by atoms with Gasteiger partial charge in [-0.2, -0.15) is 0 Å². The summed E-state index contributed by atoms with van der Waals surface area (Å²) in [5.41, 5.74) is 0. The summed E-state index contributed by atoms with van der Waals surface area (Å²) >= 11 is 0.314. The highest BCUT2D eigenvalue weighted by Crippen LogP contribution is 2.26. The molecule has 0 bridgehead atoms. The smallest absolute Gasteiger partial charge is 0.330 e. The SMILES string of the molecule is CC1CC(=O)N(OC(=O)CC(=O)ON2C(=O)CC(SOOO)C2=O)C1=O. The highest BCUT2D eigenvalue weighted by molar-refractivity contribution is 7.96. The summed E-state index contributed by atoms with van der Waals surface area (Å²) in [5.74, 6) is -6.59. The molecule has 26 heavy (non-hydrogen) atoms. The van der Waals surface area contributed by atoms with Gasteiger partial charge in [0.05, 0.1) is 6.42 Å². The lowest BCUT2D eigenvalue weighted by Gasteiger charge is -2.15. The van der Waals surface area contributed by atoms with Crippen LogP contribution in [0.3, 0.4) is 0 Å². The van der Waals surface area contributed by atoms with Crippen molar-refractivity contribution in [2.75, 3.05) is 0 Å². The molecule has 2 atom stereocenters. The van der Waals surface area contributed by atoms with Crippen LogP contribution in [0.25, 0.3) is 0 Å². The lowest BCUT2D eigenvalue weighted by molar-refractivity contribution is -0.432. The zero-order valence-corrected chi connectivity index (χ0v) is 13.9. The van der Waals surface area contributed by atoms with Crippen molar-refractivity contribution >= 4 is 47.6 Å². The van der Waals surface area contributed by atoms with E-state index in [0.29, 0.717) is 12.0 Å². The van der Waals surface area contributed by atoms with Crippen LogP contribution in [0.1, 0.15) is 26.2 Å². The molecule has 13 nitrogen and oxygen atoms in total. The van der Waals surface area contributed by atoms with Crippen LogP contribution in [0.5, 0.6) is 0 Å². The maximum absolute atomic E-state index is 11.8. The van der Waals surface area contributed by atoms with E-state index in [0.717, 1.165) is 0 Å². The van der Waals surface area contributed by atoms with Crippen molar-refractivity contribution in [3.63, 3.8) is 0 Å². The molecule has 4 amide bonds. The summed E-state index contributed by atoms with van der Waals surface area (Å²) in [6.07, 6.45) is -1.60. The first-order chi connectivity index (χ1) is 12.2. The molecule has 2 heterocycles. The average molecular weight is 392 g/mol. The Labute approximate surface area is 149 Å². The lowest BCUT2D eigenvalue weighted by Crippen LogP contribution is -2.36. The number of nitrogens with zero attached hydrogens (tertiary/aromatic N) is 2. The molecule has 0 aromatic carbocycles. The number of carbonyl (C=O) groups excluding carboxylic acids is 6. The first-order valence-corrected chi connectivity index (χ1v) is 7.83. The Kier molecular flexibility index (Phi) is 6.25. The van der Waals surface area contributed by atoms with Gasteiger partial charge in [0.25, 0.3) is 23.6 Å². The summed E-state index contributed by atoms with van der Waals surface area (Å²) in [6.45, 7) is 1.47. The van der Waals surface area contributed by atoms with Gasteiger partial charge in [-0.3, -0.25) is 19.2 Å². The standard InChI is InChI=1S/C12H12N2O11S/c1-5-2-7(15)13(11(5)19)22-9(17)4-10(18)23-14-8(16)3-6(12(14)20)26-25-24-21/h5-6,21H,2-4H2,1H3. The summed E-state index contributed by atoms with van der Waals surface area (Å²) in [5, 5.41) is 10.6. The quantitative estimate of drug-likeness (QED) is 0.183. The van der Waals surface area contributed by atoms with Crippen molar-refractivity contribution in [3.8, 4) is 0 Å². The molecule has 0 spiro atoms. The molecular weight excluding hydrogens is 380 g/mol. The normalized spacial score (nSPS) is 23.0. The van der Waals surface area contributed by atoms with E-state index in [9.17, 15) is 28.8 Å². The van der Waals surface area contributed by atoms with Crippen LogP contribution in [-0.2, 0) is 47.8 Å². The molecule has 0 aromatic heterocycles. The van der Waals surface area contributed by atoms with Crippen LogP contribution in [0.4, 0.5) is 0 Å². The molecule has 0 radical (unpaired) electrons.